The first-order chi connectivity index (χ1) is 14.4. The molecule has 1 aromatic carbocycles. The molecule has 1 aliphatic carbocycles. The Bertz CT molecular complexity index is 1120. The number of fused-ring (bicyclic) bond motifs is 1. The largest absolute Gasteiger partial charge is 0.397 e. The third-order valence-corrected chi connectivity index (χ3v) is 8.01. The van der Waals surface area contributed by atoms with Crippen LogP contribution < -0.4 is 16.4 Å². The summed E-state index contributed by atoms with van der Waals surface area (Å²) in [4.78, 5) is 12.0. The molecule has 3 aromatic rings. The van der Waals surface area contributed by atoms with Gasteiger partial charge in [-0.1, -0.05) is 35.7 Å². The predicted octanol–water partition coefficient (Wildman–Crippen LogP) is 4.69. The molecule has 1 spiro atoms. The van der Waals surface area contributed by atoms with Crippen molar-refractivity contribution in [3.8, 4) is 11.1 Å². The zero-order valence-electron chi connectivity index (χ0n) is 17.0. The topological polar surface area (TPSA) is 85.5 Å². The number of hydrogen-bond acceptors (Lipinski definition) is 5. The van der Waals surface area contributed by atoms with Gasteiger partial charge in [0.05, 0.1) is 21.4 Å². The number of hydrogen-bond donors (Lipinski definition) is 2. The molecule has 1 saturated carbocycles. The number of rotatable bonds is 2. The van der Waals surface area contributed by atoms with Crippen LogP contribution in [0.4, 0.5) is 11.6 Å². The fourth-order valence-electron chi connectivity index (χ4n) is 5.31. The van der Waals surface area contributed by atoms with Gasteiger partial charge in [-0.3, -0.25) is 4.40 Å². The Hall–Kier alpha value is -2.02. The van der Waals surface area contributed by atoms with Crippen LogP contribution in [-0.2, 0) is 0 Å². The van der Waals surface area contributed by atoms with E-state index in [2.05, 4.69) is 14.3 Å². The third kappa shape index (κ3) is 2.96. The summed E-state index contributed by atoms with van der Waals surface area (Å²) in [5.41, 5.74) is 16.5. The maximum Gasteiger partial charge on any atom is 0.211 e. The van der Waals surface area contributed by atoms with Crippen molar-refractivity contribution in [3.63, 3.8) is 0 Å². The van der Waals surface area contributed by atoms with E-state index in [0.717, 1.165) is 60.8 Å². The van der Waals surface area contributed by atoms with Gasteiger partial charge >= 0.3 is 0 Å². The number of nitrogens with zero attached hydrogens (tertiary/aromatic N) is 4. The van der Waals surface area contributed by atoms with Crippen LogP contribution in [0.5, 0.6) is 0 Å². The normalized spacial score (nSPS) is 21.1. The van der Waals surface area contributed by atoms with E-state index in [4.69, 9.17) is 39.7 Å². The lowest BCUT2D eigenvalue weighted by Gasteiger charge is -2.42. The summed E-state index contributed by atoms with van der Waals surface area (Å²) < 4.78 is 2.05. The van der Waals surface area contributed by atoms with Gasteiger partial charge in [0.1, 0.15) is 5.65 Å². The second-order valence-electron chi connectivity index (χ2n) is 8.67. The molecule has 2 fully saturated rings. The second kappa shape index (κ2) is 7.29. The van der Waals surface area contributed by atoms with Crippen LogP contribution in [0, 0.1) is 12.3 Å². The number of aryl methyl sites for hydroxylation is 1. The molecule has 5 rings (SSSR count). The van der Waals surface area contributed by atoms with Crippen molar-refractivity contribution < 1.29 is 0 Å². The zero-order valence-corrected chi connectivity index (χ0v) is 18.5. The Kier molecular flexibility index (Phi) is 4.84. The van der Waals surface area contributed by atoms with Crippen LogP contribution in [0.1, 0.15) is 37.8 Å². The lowest BCUT2D eigenvalue weighted by atomic mass is 9.74. The highest BCUT2D eigenvalue weighted by molar-refractivity contribution is 6.45. The fraction of sp³-hybridized carbons (Fsp3) is 0.455. The number of benzene rings is 1. The Morgan fingerprint density at radius 1 is 1.13 bits per heavy atom. The third-order valence-electron chi connectivity index (χ3n) is 7.11. The SMILES string of the molecule is Cc1nc(N2CCC3(CCC[C@H]3N)CC2)n2ccnc2c1-c1ccc(N)c(Cl)c1Cl. The molecule has 0 unspecified atom stereocenters. The van der Waals surface area contributed by atoms with E-state index >= 15 is 0 Å². The molecule has 1 atom stereocenters. The van der Waals surface area contributed by atoms with Crippen molar-refractivity contribution in [2.45, 2.75) is 45.1 Å². The van der Waals surface area contributed by atoms with E-state index in [1.54, 1.807) is 12.3 Å². The standard InChI is InChI=1S/C22H26Cl2N6/c1-13-17(14-4-5-15(25)19(24)18(14)23)20-27-9-12-30(20)21(28-13)29-10-7-22(8-11-29)6-2-3-16(22)26/h4-5,9,12,16H,2-3,6-8,10-11,25-26H2,1H3/t16-/m1/s1. The summed E-state index contributed by atoms with van der Waals surface area (Å²) in [6, 6.07) is 3.99. The Morgan fingerprint density at radius 2 is 1.90 bits per heavy atom. The highest BCUT2D eigenvalue weighted by Gasteiger charge is 2.43. The van der Waals surface area contributed by atoms with Crippen molar-refractivity contribution in [2.24, 2.45) is 11.1 Å². The average Bonchev–Trinajstić information content (AvgIpc) is 3.35. The van der Waals surface area contributed by atoms with Gasteiger partial charge in [0.15, 0.2) is 0 Å². The minimum atomic E-state index is 0.313. The first-order valence-electron chi connectivity index (χ1n) is 10.5. The molecular weight excluding hydrogens is 419 g/mol. The van der Waals surface area contributed by atoms with Gasteiger partial charge < -0.3 is 16.4 Å². The van der Waals surface area contributed by atoms with E-state index in [9.17, 15) is 0 Å². The molecule has 30 heavy (non-hydrogen) atoms. The molecule has 158 valence electrons. The number of aromatic nitrogens is 3. The molecule has 1 saturated heterocycles. The summed E-state index contributed by atoms with van der Waals surface area (Å²) in [7, 11) is 0. The van der Waals surface area contributed by atoms with Crippen molar-refractivity contribution in [2.75, 3.05) is 23.7 Å². The first kappa shape index (κ1) is 19.9. The zero-order chi connectivity index (χ0) is 21.0. The number of halogens is 2. The number of nitrogens with two attached hydrogens (primary N) is 2. The Balaban J connectivity index is 1.55. The lowest BCUT2D eigenvalue weighted by Crippen LogP contribution is -2.47. The number of anilines is 2. The maximum atomic E-state index is 6.54. The first-order valence-corrected chi connectivity index (χ1v) is 11.2. The highest BCUT2D eigenvalue weighted by Crippen LogP contribution is 2.46. The number of imidazole rings is 1. The average molecular weight is 445 g/mol. The van der Waals surface area contributed by atoms with Crippen LogP contribution in [-0.4, -0.2) is 33.5 Å². The van der Waals surface area contributed by atoms with Gasteiger partial charge in [-0.05, 0) is 44.1 Å². The van der Waals surface area contributed by atoms with Gasteiger partial charge in [-0.2, -0.15) is 0 Å². The smallest absolute Gasteiger partial charge is 0.211 e. The molecular formula is C22H26Cl2N6. The van der Waals surface area contributed by atoms with Crippen LogP contribution in [0.2, 0.25) is 10.0 Å². The van der Waals surface area contributed by atoms with Crippen molar-refractivity contribution in [1.29, 1.82) is 0 Å². The lowest BCUT2D eigenvalue weighted by molar-refractivity contribution is 0.197. The monoisotopic (exact) mass is 444 g/mol. The molecule has 6 nitrogen and oxygen atoms in total. The summed E-state index contributed by atoms with van der Waals surface area (Å²) >= 11 is 12.9. The van der Waals surface area contributed by atoms with Crippen LogP contribution >= 0.6 is 23.2 Å². The van der Waals surface area contributed by atoms with Crippen LogP contribution in [0.3, 0.4) is 0 Å². The fourth-order valence-corrected chi connectivity index (χ4v) is 5.74. The highest BCUT2D eigenvalue weighted by atomic mass is 35.5. The molecule has 2 aromatic heterocycles. The predicted molar refractivity (Wildman–Crippen MR) is 123 cm³/mol. The quantitative estimate of drug-likeness (QED) is 0.559. The molecule has 2 aliphatic rings. The van der Waals surface area contributed by atoms with Crippen LogP contribution in [0.25, 0.3) is 16.8 Å². The second-order valence-corrected chi connectivity index (χ2v) is 9.43. The number of nitrogen functional groups attached to an aromatic ring is 1. The minimum absolute atomic E-state index is 0.313. The molecule has 0 amide bonds. The molecule has 8 heteroatoms. The maximum absolute atomic E-state index is 6.54. The summed E-state index contributed by atoms with van der Waals surface area (Å²) in [6.07, 6.45) is 9.66. The van der Waals surface area contributed by atoms with Gasteiger partial charge in [-0.25, -0.2) is 9.97 Å². The van der Waals surface area contributed by atoms with Crippen LogP contribution in [0.15, 0.2) is 24.5 Å². The van der Waals surface area contributed by atoms with E-state index in [1.165, 1.54) is 12.8 Å². The molecule has 3 heterocycles. The Labute approximate surface area is 186 Å². The molecule has 0 bridgehead atoms. The van der Waals surface area contributed by atoms with E-state index in [-0.39, 0.29) is 0 Å². The molecule has 1 aliphatic heterocycles. The summed E-state index contributed by atoms with van der Waals surface area (Å²) in [5, 5.41) is 0.783. The van der Waals surface area contributed by atoms with Crippen molar-refractivity contribution in [1.82, 2.24) is 14.4 Å². The summed E-state index contributed by atoms with van der Waals surface area (Å²) in [6.45, 7) is 3.91. The van der Waals surface area contributed by atoms with E-state index < -0.39 is 0 Å². The van der Waals surface area contributed by atoms with Gasteiger partial charge in [0.25, 0.3) is 0 Å². The van der Waals surface area contributed by atoms with Gasteiger partial charge in [-0.15, -0.1) is 0 Å². The summed E-state index contributed by atoms with van der Waals surface area (Å²) in [5.74, 6) is 0.919. The Morgan fingerprint density at radius 3 is 2.60 bits per heavy atom. The van der Waals surface area contributed by atoms with Crippen molar-refractivity contribution >= 4 is 40.5 Å². The van der Waals surface area contributed by atoms with Crippen molar-refractivity contribution in [3.05, 3.63) is 40.3 Å². The van der Waals surface area contributed by atoms with Gasteiger partial charge in [0, 0.05) is 42.7 Å². The van der Waals surface area contributed by atoms with E-state index in [0.29, 0.717) is 27.2 Å². The van der Waals surface area contributed by atoms with E-state index in [1.807, 2.05) is 19.2 Å². The minimum Gasteiger partial charge on any atom is -0.397 e. The molecule has 4 N–H and O–H groups in total. The number of piperidine rings is 1. The van der Waals surface area contributed by atoms with Gasteiger partial charge in [0.2, 0.25) is 5.95 Å². The molecule has 0 radical (unpaired) electrons.